The molecule has 0 aromatic heterocycles. The Balaban J connectivity index is 1.57. The molecular formula is C24H18ClN3O7. The number of anilines is 1. The molecule has 1 aliphatic heterocycles. The minimum absolute atomic E-state index is 0.130. The minimum atomic E-state index is -1.28. The lowest BCUT2D eigenvalue weighted by Gasteiger charge is -2.22. The van der Waals surface area contributed by atoms with Crippen molar-refractivity contribution in [3.8, 4) is 17.2 Å². The molecule has 35 heavy (non-hydrogen) atoms. The average Bonchev–Trinajstić information content (AvgIpc) is 3.10. The molecule has 0 saturated carbocycles. The number of nitro groups is 1. The van der Waals surface area contributed by atoms with Crippen LogP contribution in [0, 0.1) is 10.1 Å². The van der Waals surface area contributed by atoms with Crippen molar-refractivity contribution >= 4 is 40.7 Å². The summed E-state index contributed by atoms with van der Waals surface area (Å²) in [5.74, 6) is -1.07. The van der Waals surface area contributed by atoms with Gasteiger partial charge in [-0.1, -0.05) is 17.7 Å². The monoisotopic (exact) mass is 495 g/mol. The summed E-state index contributed by atoms with van der Waals surface area (Å²) in [6.07, 6.45) is 0. The minimum Gasteiger partial charge on any atom is -0.497 e. The molecule has 0 bridgehead atoms. The Bertz CT molecular complexity index is 1360. The third-order valence-corrected chi connectivity index (χ3v) is 5.61. The number of fused-ring (bicyclic) bond motifs is 1. The highest BCUT2D eigenvalue weighted by Gasteiger charge is 2.44. The van der Waals surface area contributed by atoms with Crippen molar-refractivity contribution in [1.29, 1.82) is 0 Å². The van der Waals surface area contributed by atoms with E-state index < -0.39 is 34.4 Å². The molecule has 1 heterocycles. The van der Waals surface area contributed by atoms with E-state index in [1.165, 1.54) is 32.2 Å². The van der Waals surface area contributed by atoms with Crippen LogP contribution in [0.5, 0.6) is 17.2 Å². The summed E-state index contributed by atoms with van der Waals surface area (Å²) in [5.41, 5.74) is -0.766. The van der Waals surface area contributed by atoms with Gasteiger partial charge in [0.25, 0.3) is 17.5 Å². The van der Waals surface area contributed by atoms with Gasteiger partial charge < -0.3 is 14.8 Å². The molecule has 178 valence electrons. The zero-order valence-electron chi connectivity index (χ0n) is 18.5. The van der Waals surface area contributed by atoms with Gasteiger partial charge >= 0.3 is 0 Å². The van der Waals surface area contributed by atoms with Crippen LogP contribution in [0.3, 0.4) is 0 Å². The predicted molar refractivity (Wildman–Crippen MR) is 126 cm³/mol. The fraction of sp³-hybridized carbons (Fsp3) is 0.125. The first kappa shape index (κ1) is 23.7. The van der Waals surface area contributed by atoms with Crippen LogP contribution < -0.4 is 14.8 Å². The van der Waals surface area contributed by atoms with Crippen LogP contribution in [0.15, 0.2) is 60.7 Å². The number of hydrogen-bond donors (Lipinski definition) is 1. The topological polar surface area (TPSA) is 128 Å². The van der Waals surface area contributed by atoms with Gasteiger partial charge in [-0.05, 0) is 55.5 Å². The van der Waals surface area contributed by atoms with Crippen molar-refractivity contribution in [1.82, 2.24) is 4.90 Å². The number of carbonyl (C=O) groups excluding carboxylic acids is 3. The number of ether oxygens (including phenoxy) is 2. The number of nitrogens with zero attached hydrogens (tertiary/aromatic N) is 2. The van der Waals surface area contributed by atoms with E-state index in [2.05, 4.69) is 5.32 Å². The van der Waals surface area contributed by atoms with Crippen molar-refractivity contribution < 1.29 is 28.8 Å². The molecule has 3 aromatic carbocycles. The maximum absolute atomic E-state index is 13.1. The Morgan fingerprint density at radius 3 is 2.40 bits per heavy atom. The highest BCUT2D eigenvalue weighted by atomic mass is 35.5. The van der Waals surface area contributed by atoms with Crippen molar-refractivity contribution in [2.24, 2.45) is 0 Å². The first-order chi connectivity index (χ1) is 16.7. The first-order valence-corrected chi connectivity index (χ1v) is 10.7. The summed E-state index contributed by atoms with van der Waals surface area (Å²) < 4.78 is 11.0. The normalized spacial score (nSPS) is 13.3. The maximum Gasteiger partial charge on any atom is 0.282 e. The number of halogens is 1. The number of hydrogen-bond acceptors (Lipinski definition) is 7. The predicted octanol–water partition coefficient (Wildman–Crippen LogP) is 4.67. The van der Waals surface area contributed by atoms with Crippen LogP contribution in [0.2, 0.25) is 5.02 Å². The van der Waals surface area contributed by atoms with Crippen LogP contribution in [0.25, 0.3) is 0 Å². The van der Waals surface area contributed by atoms with E-state index >= 15 is 0 Å². The second-order valence-electron chi connectivity index (χ2n) is 7.52. The van der Waals surface area contributed by atoms with Crippen LogP contribution >= 0.6 is 11.6 Å². The molecule has 3 aromatic rings. The number of nitro benzene ring substituents is 1. The zero-order chi connectivity index (χ0) is 25.3. The third kappa shape index (κ3) is 4.51. The Hall–Kier alpha value is -4.44. The van der Waals surface area contributed by atoms with E-state index in [0.29, 0.717) is 21.4 Å². The molecule has 11 heteroatoms. The first-order valence-electron chi connectivity index (χ1n) is 10.3. The summed E-state index contributed by atoms with van der Waals surface area (Å²) in [7, 11) is 1.54. The molecule has 0 spiro atoms. The number of rotatable bonds is 7. The molecule has 1 unspecified atom stereocenters. The summed E-state index contributed by atoms with van der Waals surface area (Å²) in [6, 6.07) is 13.8. The van der Waals surface area contributed by atoms with E-state index in [1.807, 2.05) is 0 Å². The molecule has 10 nitrogen and oxygen atoms in total. The highest BCUT2D eigenvalue weighted by molar-refractivity contribution is 6.31. The average molecular weight is 496 g/mol. The molecule has 0 fully saturated rings. The SMILES string of the molecule is COc1ccc(Oc2ccc(Cl)cc2NC(=O)C(C)N2C(=O)c3cccc([N+](=O)[O-])c3C2=O)cc1. The van der Waals surface area contributed by atoms with Crippen molar-refractivity contribution in [3.63, 3.8) is 0 Å². The lowest BCUT2D eigenvalue weighted by atomic mass is 10.1. The van der Waals surface area contributed by atoms with Gasteiger partial charge in [-0.3, -0.25) is 29.4 Å². The fourth-order valence-electron chi connectivity index (χ4n) is 3.60. The molecule has 1 atom stereocenters. The zero-order valence-corrected chi connectivity index (χ0v) is 19.2. The standard InChI is InChI=1S/C24H18ClN3O7/c1-13(27-23(30)17-4-3-5-19(28(32)33)21(17)24(27)31)22(29)26-18-12-14(25)6-11-20(18)35-16-9-7-15(34-2)8-10-16/h3-13H,1-2H3,(H,26,29). The maximum atomic E-state index is 13.1. The number of benzene rings is 3. The summed E-state index contributed by atoms with van der Waals surface area (Å²) in [6.45, 7) is 1.34. The summed E-state index contributed by atoms with van der Waals surface area (Å²) >= 11 is 6.10. The Morgan fingerprint density at radius 2 is 1.74 bits per heavy atom. The van der Waals surface area contributed by atoms with Gasteiger partial charge in [-0.25, -0.2) is 0 Å². The van der Waals surface area contributed by atoms with E-state index in [0.717, 1.165) is 6.07 Å². The highest BCUT2D eigenvalue weighted by Crippen LogP contribution is 2.35. The van der Waals surface area contributed by atoms with E-state index in [-0.39, 0.29) is 22.6 Å². The van der Waals surface area contributed by atoms with Crippen molar-refractivity contribution in [2.75, 3.05) is 12.4 Å². The molecule has 3 amide bonds. The quantitative estimate of drug-likeness (QED) is 0.286. The van der Waals surface area contributed by atoms with Gasteiger partial charge in [-0.2, -0.15) is 0 Å². The van der Waals surface area contributed by atoms with E-state index in [9.17, 15) is 24.5 Å². The smallest absolute Gasteiger partial charge is 0.282 e. The summed E-state index contributed by atoms with van der Waals surface area (Å²) in [5, 5.41) is 14.3. The second kappa shape index (κ2) is 9.43. The van der Waals surface area contributed by atoms with Crippen LogP contribution in [0.1, 0.15) is 27.6 Å². The number of carbonyl (C=O) groups is 3. The number of nitrogens with one attached hydrogen (secondary N) is 1. The summed E-state index contributed by atoms with van der Waals surface area (Å²) in [4.78, 5) is 50.1. The number of imide groups is 1. The largest absolute Gasteiger partial charge is 0.497 e. The van der Waals surface area contributed by atoms with Crippen LogP contribution in [0.4, 0.5) is 11.4 Å². The van der Waals surface area contributed by atoms with Crippen molar-refractivity contribution in [3.05, 3.63) is 86.9 Å². The van der Waals surface area contributed by atoms with E-state index in [1.54, 1.807) is 36.4 Å². The Kier molecular flexibility index (Phi) is 6.39. The van der Waals surface area contributed by atoms with Gasteiger partial charge in [0, 0.05) is 11.1 Å². The number of amides is 3. The fourth-order valence-corrected chi connectivity index (χ4v) is 3.78. The van der Waals surface area contributed by atoms with Crippen LogP contribution in [-0.2, 0) is 4.79 Å². The molecule has 0 radical (unpaired) electrons. The van der Waals surface area contributed by atoms with Gasteiger partial charge in [0.05, 0.1) is 23.3 Å². The van der Waals surface area contributed by atoms with Gasteiger partial charge in [0.15, 0.2) is 5.75 Å². The second-order valence-corrected chi connectivity index (χ2v) is 7.96. The molecule has 1 aliphatic rings. The van der Waals surface area contributed by atoms with Crippen LogP contribution in [-0.4, -0.2) is 40.7 Å². The number of methoxy groups -OCH3 is 1. The van der Waals surface area contributed by atoms with Gasteiger partial charge in [0.1, 0.15) is 23.1 Å². The van der Waals surface area contributed by atoms with Gasteiger partial charge in [-0.15, -0.1) is 0 Å². The lowest BCUT2D eigenvalue weighted by molar-refractivity contribution is -0.385. The Morgan fingerprint density at radius 1 is 1.06 bits per heavy atom. The molecular weight excluding hydrogens is 478 g/mol. The van der Waals surface area contributed by atoms with E-state index in [4.69, 9.17) is 21.1 Å². The lowest BCUT2D eigenvalue weighted by Crippen LogP contribution is -2.45. The molecule has 4 rings (SSSR count). The third-order valence-electron chi connectivity index (χ3n) is 5.37. The molecule has 1 N–H and O–H groups in total. The van der Waals surface area contributed by atoms with Gasteiger partial charge in [0.2, 0.25) is 5.91 Å². The molecule has 0 aliphatic carbocycles. The van der Waals surface area contributed by atoms with Crippen molar-refractivity contribution in [2.45, 2.75) is 13.0 Å². The Labute approximate surface area is 204 Å². The molecule has 0 saturated heterocycles.